The molecule has 0 radical (unpaired) electrons. The highest BCUT2D eigenvalue weighted by Crippen LogP contribution is 2.22. The number of anilines is 1. The van der Waals surface area contributed by atoms with Crippen molar-refractivity contribution < 1.29 is 0 Å². The van der Waals surface area contributed by atoms with Crippen LogP contribution in [0.2, 0.25) is 0 Å². The summed E-state index contributed by atoms with van der Waals surface area (Å²) in [5.41, 5.74) is 8.37. The van der Waals surface area contributed by atoms with Crippen molar-refractivity contribution in [1.82, 2.24) is 13.7 Å². The molecule has 0 aromatic carbocycles. The van der Waals surface area contributed by atoms with Gasteiger partial charge >= 0.3 is 0 Å². The maximum atomic E-state index is 5.63. The van der Waals surface area contributed by atoms with E-state index in [1.165, 1.54) is 0 Å². The van der Waals surface area contributed by atoms with E-state index in [1.807, 2.05) is 13.0 Å². The van der Waals surface area contributed by atoms with Crippen molar-refractivity contribution >= 4 is 17.5 Å². The second kappa shape index (κ2) is 3.10. The Labute approximate surface area is 79.8 Å². The van der Waals surface area contributed by atoms with Crippen molar-refractivity contribution in [1.29, 1.82) is 0 Å². The molecule has 0 saturated carbocycles. The van der Waals surface area contributed by atoms with Crippen LogP contribution in [0.5, 0.6) is 0 Å². The van der Waals surface area contributed by atoms with Crippen molar-refractivity contribution in [2.24, 2.45) is 0 Å². The van der Waals surface area contributed by atoms with Gasteiger partial charge in [0.15, 0.2) is 5.82 Å². The molecule has 0 saturated heterocycles. The van der Waals surface area contributed by atoms with Gasteiger partial charge in [0.1, 0.15) is 5.69 Å². The SMILES string of the molecule is Cc1cncc(-c2nsnc2N)c1. The molecule has 13 heavy (non-hydrogen) atoms. The number of pyridine rings is 1. The summed E-state index contributed by atoms with van der Waals surface area (Å²) < 4.78 is 8.00. The molecule has 0 amide bonds. The van der Waals surface area contributed by atoms with Gasteiger partial charge in [0.05, 0.1) is 11.7 Å². The Morgan fingerprint density at radius 1 is 1.31 bits per heavy atom. The highest BCUT2D eigenvalue weighted by Gasteiger charge is 2.06. The fourth-order valence-electron chi connectivity index (χ4n) is 1.08. The molecule has 0 aliphatic rings. The summed E-state index contributed by atoms with van der Waals surface area (Å²) in [6, 6.07) is 1.99. The number of nitrogens with two attached hydrogens (primary N) is 1. The molecule has 0 unspecified atom stereocenters. The van der Waals surface area contributed by atoms with E-state index >= 15 is 0 Å². The van der Waals surface area contributed by atoms with Crippen LogP contribution < -0.4 is 5.73 Å². The Morgan fingerprint density at radius 3 is 2.77 bits per heavy atom. The minimum absolute atomic E-state index is 0.470. The second-order valence-electron chi connectivity index (χ2n) is 2.75. The average Bonchev–Trinajstić information content (AvgIpc) is 2.51. The third-order valence-electron chi connectivity index (χ3n) is 1.66. The fourth-order valence-corrected chi connectivity index (χ4v) is 1.58. The molecule has 66 valence electrons. The predicted octanol–water partition coefficient (Wildman–Crippen LogP) is 1.49. The summed E-state index contributed by atoms with van der Waals surface area (Å²) in [7, 11) is 0. The lowest BCUT2D eigenvalue weighted by Crippen LogP contribution is -1.89. The zero-order valence-electron chi connectivity index (χ0n) is 7.06. The Hall–Kier alpha value is -1.49. The van der Waals surface area contributed by atoms with Crippen LogP contribution >= 0.6 is 11.7 Å². The molecule has 0 bridgehead atoms. The fraction of sp³-hybridized carbons (Fsp3) is 0.125. The lowest BCUT2D eigenvalue weighted by atomic mass is 10.2. The zero-order valence-corrected chi connectivity index (χ0v) is 7.88. The molecule has 0 fully saturated rings. The maximum Gasteiger partial charge on any atom is 0.165 e. The van der Waals surface area contributed by atoms with Crippen LogP contribution in [0.15, 0.2) is 18.5 Å². The van der Waals surface area contributed by atoms with E-state index < -0.39 is 0 Å². The first-order chi connectivity index (χ1) is 6.27. The molecule has 2 rings (SSSR count). The Balaban J connectivity index is 2.53. The van der Waals surface area contributed by atoms with Crippen LogP contribution in [0.3, 0.4) is 0 Å². The molecule has 0 aliphatic carbocycles. The minimum Gasteiger partial charge on any atom is -0.381 e. The van der Waals surface area contributed by atoms with Crippen LogP contribution in [0.25, 0.3) is 11.3 Å². The highest BCUT2D eigenvalue weighted by atomic mass is 32.1. The highest BCUT2D eigenvalue weighted by molar-refractivity contribution is 6.99. The van der Waals surface area contributed by atoms with Gasteiger partial charge in [-0.15, -0.1) is 0 Å². The van der Waals surface area contributed by atoms with Crippen LogP contribution in [0, 0.1) is 6.92 Å². The molecule has 2 heterocycles. The smallest absolute Gasteiger partial charge is 0.165 e. The summed E-state index contributed by atoms with van der Waals surface area (Å²) in [5.74, 6) is 0.470. The quantitative estimate of drug-likeness (QED) is 0.743. The Morgan fingerprint density at radius 2 is 2.15 bits per heavy atom. The first kappa shape index (κ1) is 8.12. The minimum atomic E-state index is 0.470. The van der Waals surface area contributed by atoms with E-state index in [4.69, 9.17) is 5.73 Å². The van der Waals surface area contributed by atoms with Crippen molar-refractivity contribution in [2.45, 2.75) is 6.92 Å². The molecule has 4 nitrogen and oxygen atoms in total. The van der Waals surface area contributed by atoms with Gasteiger partial charge < -0.3 is 5.73 Å². The normalized spacial score (nSPS) is 10.2. The molecular weight excluding hydrogens is 184 g/mol. The van der Waals surface area contributed by atoms with Crippen LogP contribution in [-0.4, -0.2) is 13.7 Å². The molecule has 5 heteroatoms. The molecule has 2 N–H and O–H groups in total. The lowest BCUT2D eigenvalue weighted by Gasteiger charge is -1.97. The van der Waals surface area contributed by atoms with E-state index in [1.54, 1.807) is 12.4 Å². The van der Waals surface area contributed by atoms with Crippen LogP contribution in [0.1, 0.15) is 5.56 Å². The number of nitrogen functional groups attached to an aromatic ring is 1. The third kappa shape index (κ3) is 1.50. The first-order valence-electron chi connectivity index (χ1n) is 3.77. The van der Waals surface area contributed by atoms with E-state index in [2.05, 4.69) is 13.7 Å². The second-order valence-corrected chi connectivity index (χ2v) is 3.28. The standard InChI is InChI=1S/C8H8N4S/c1-5-2-6(4-10-3-5)7-8(9)12-13-11-7/h2-4H,1H3,(H2,9,12). The van der Waals surface area contributed by atoms with E-state index in [9.17, 15) is 0 Å². The van der Waals surface area contributed by atoms with Crippen LogP contribution in [-0.2, 0) is 0 Å². The average molecular weight is 192 g/mol. The number of hydrogen-bond acceptors (Lipinski definition) is 5. The van der Waals surface area contributed by atoms with Gasteiger partial charge in [-0.1, -0.05) is 0 Å². The summed E-state index contributed by atoms with van der Waals surface area (Å²) in [6.45, 7) is 1.98. The van der Waals surface area contributed by atoms with Crippen molar-refractivity contribution in [3.63, 3.8) is 0 Å². The summed E-state index contributed by atoms with van der Waals surface area (Å²) in [6.07, 6.45) is 3.53. The topological polar surface area (TPSA) is 64.7 Å². The van der Waals surface area contributed by atoms with E-state index in [0.29, 0.717) is 5.82 Å². The molecule has 0 atom stereocenters. The molecule has 0 aliphatic heterocycles. The van der Waals surface area contributed by atoms with Gasteiger partial charge in [0, 0.05) is 18.0 Å². The first-order valence-corrected chi connectivity index (χ1v) is 4.50. The zero-order chi connectivity index (χ0) is 9.26. The third-order valence-corrected chi connectivity index (χ3v) is 2.20. The number of nitrogens with zero attached hydrogens (tertiary/aromatic N) is 3. The maximum absolute atomic E-state index is 5.63. The van der Waals surface area contributed by atoms with Gasteiger partial charge in [0.2, 0.25) is 0 Å². The summed E-state index contributed by atoms with van der Waals surface area (Å²) in [5, 5.41) is 0. The predicted molar refractivity (Wildman–Crippen MR) is 52.3 cm³/mol. The molecule has 0 spiro atoms. The summed E-state index contributed by atoms with van der Waals surface area (Å²) >= 11 is 1.11. The van der Waals surface area contributed by atoms with Gasteiger partial charge in [0.25, 0.3) is 0 Å². The molecular formula is C8H8N4S. The van der Waals surface area contributed by atoms with E-state index in [0.717, 1.165) is 28.5 Å². The van der Waals surface area contributed by atoms with Crippen LogP contribution in [0.4, 0.5) is 5.82 Å². The van der Waals surface area contributed by atoms with Crippen molar-refractivity contribution in [3.05, 3.63) is 24.0 Å². The molecule has 2 aromatic heterocycles. The van der Waals surface area contributed by atoms with Crippen molar-refractivity contribution in [2.75, 3.05) is 5.73 Å². The largest absolute Gasteiger partial charge is 0.381 e. The lowest BCUT2D eigenvalue weighted by molar-refractivity contribution is 1.26. The number of aromatic nitrogens is 3. The van der Waals surface area contributed by atoms with E-state index in [-0.39, 0.29) is 0 Å². The molecule has 2 aromatic rings. The van der Waals surface area contributed by atoms with Gasteiger partial charge in [-0.3, -0.25) is 4.98 Å². The number of aryl methyl sites for hydroxylation is 1. The van der Waals surface area contributed by atoms with Gasteiger partial charge in [-0.25, -0.2) is 0 Å². The Bertz CT molecular complexity index is 424. The number of hydrogen-bond donors (Lipinski definition) is 1. The summed E-state index contributed by atoms with van der Waals surface area (Å²) in [4.78, 5) is 4.06. The number of rotatable bonds is 1. The van der Waals surface area contributed by atoms with Gasteiger partial charge in [-0.2, -0.15) is 8.75 Å². The Kier molecular flexibility index (Phi) is 1.94. The van der Waals surface area contributed by atoms with Crippen molar-refractivity contribution in [3.8, 4) is 11.3 Å². The van der Waals surface area contributed by atoms with Gasteiger partial charge in [-0.05, 0) is 18.6 Å². The monoisotopic (exact) mass is 192 g/mol.